The molecule has 3 rings (SSSR count). The Morgan fingerprint density at radius 1 is 1.07 bits per heavy atom. The lowest BCUT2D eigenvalue weighted by molar-refractivity contribution is 0.0677. The Morgan fingerprint density at radius 3 is 2.57 bits per heavy atom. The molecule has 30 heavy (non-hydrogen) atoms. The molecule has 0 saturated heterocycles. The predicted molar refractivity (Wildman–Crippen MR) is 124 cm³/mol. The first-order valence-electron chi connectivity index (χ1n) is 12.4. The summed E-state index contributed by atoms with van der Waals surface area (Å²) >= 11 is 0. The van der Waals surface area contributed by atoms with Crippen LogP contribution in [0, 0.1) is 11.3 Å². The Morgan fingerprint density at radius 2 is 1.80 bits per heavy atom. The van der Waals surface area contributed by atoms with Crippen molar-refractivity contribution >= 4 is 0 Å². The second-order valence-electron chi connectivity index (χ2n) is 11.0. The summed E-state index contributed by atoms with van der Waals surface area (Å²) in [4.78, 5) is 0. The van der Waals surface area contributed by atoms with Gasteiger partial charge in [-0.15, -0.1) is 0 Å². The first kappa shape index (κ1) is 23.8. The van der Waals surface area contributed by atoms with Gasteiger partial charge in [-0.05, 0) is 87.7 Å². The number of rotatable bonds is 8. The van der Waals surface area contributed by atoms with Crippen molar-refractivity contribution in [1.29, 1.82) is 0 Å². The van der Waals surface area contributed by atoms with Crippen LogP contribution < -0.4 is 0 Å². The van der Waals surface area contributed by atoms with E-state index in [4.69, 9.17) is 0 Å². The highest BCUT2D eigenvalue weighted by atomic mass is 16.3. The first-order valence-corrected chi connectivity index (χ1v) is 12.4. The lowest BCUT2D eigenvalue weighted by Gasteiger charge is -2.42. The molecule has 0 aromatic rings. The van der Waals surface area contributed by atoms with Crippen LogP contribution in [0.5, 0.6) is 0 Å². The summed E-state index contributed by atoms with van der Waals surface area (Å²) in [7, 11) is 0. The van der Waals surface area contributed by atoms with Crippen molar-refractivity contribution in [1.82, 2.24) is 0 Å². The highest BCUT2D eigenvalue weighted by molar-refractivity contribution is 5.38. The van der Waals surface area contributed by atoms with Crippen LogP contribution in [0.4, 0.5) is 0 Å². The molecule has 0 aliphatic heterocycles. The number of aliphatic hydroxyl groups is 3. The van der Waals surface area contributed by atoms with Gasteiger partial charge in [0, 0.05) is 6.42 Å². The third kappa shape index (κ3) is 6.08. The summed E-state index contributed by atoms with van der Waals surface area (Å²) in [5.41, 5.74) is 3.38. The Kier molecular flexibility index (Phi) is 8.03. The summed E-state index contributed by atoms with van der Waals surface area (Å²) in [6.45, 7) is 7.87. The molecule has 170 valence electrons. The SMILES string of the molecule is C=C1/C(=C\C=C2/CCC[C@]3(CCCCCCC(C)(C)O)CCC[C@@H]23)C[C@@H](O)C[C@@H]1O. The molecular formula is C27H44O3. The normalized spacial score (nSPS) is 35.2. The quantitative estimate of drug-likeness (QED) is 0.426. The van der Waals surface area contributed by atoms with Crippen molar-refractivity contribution < 1.29 is 15.3 Å². The smallest absolute Gasteiger partial charge is 0.0811 e. The van der Waals surface area contributed by atoms with Crippen LogP contribution >= 0.6 is 0 Å². The largest absolute Gasteiger partial charge is 0.393 e. The fourth-order valence-corrected chi connectivity index (χ4v) is 6.31. The van der Waals surface area contributed by atoms with Crippen LogP contribution in [0.2, 0.25) is 0 Å². The standard InChI is InChI=1S/C27H44O3/c1-20-22(18-23(28)19-25(20)29)13-12-21-10-8-16-27(17-9-11-24(21)27)15-7-5-4-6-14-26(2,3)30/h12-13,23-25,28-30H,1,4-11,14-19H2,2-3H3/b21-12+,22-13-/t23-,24+,25+,27-/m1/s1. The summed E-state index contributed by atoms with van der Waals surface area (Å²) in [5, 5.41) is 30.0. The molecule has 3 aliphatic carbocycles. The molecule has 0 unspecified atom stereocenters. The molecule has 0 aromatic heterocycles. The van der Waals surface area contributed by atoms with Gasteiger partial charge >= 0.3 is 0 Å². The molecule has 0 heterocycles. The topological polar surface area (TPSA) is 60.7 Å². The lowest BCUT2D eigenvalue weighted by atomic mass is 9.63. The Bertz CT molecular complexity index is 654. The molecule has 3 N–H and O–H groups in total. The molecule has 4 atom stereocenters. The number of hydrogen-bond acceptors (Lipinski definition) is 3. The third-order valence-corrected chi connectivity index (χ3v) is 7.97. The Labute approximate surface area is 184 Å². The summed E-state index contributed by atoms with van der Waals surface area (Å²) in [6.07, 6.45) is 19.5. The van der Waals surface area contributed by atoms with Crippen molar-refractivity contribution in [3.05, 3.63) is 35.5 Å². The van der Waals surface area contributed by atoms with Crippen molar-refractivity contribution in [2.45, 2.75) is 122 Å². The number of fused-ring (bicyclic) bond motifs is 1. The zero-order valence-electron chi connectivity index (χ0n) is 19.3. The van der Waals surface area contributed by atoms with Gasteiger partial charge in [0.05, 0.1) is 17.8 Å². The van der Waals surface area contributed by atoms with Crippen LogP contribution in [-0.4, -0.2) is 33.1 Å². The highest BCUT2D eigenvalue weighted by Crippen LogP contribution is 2.57. The van der Waals surface area contributed by atoms with Gasteiger partial charge < -0.3 is 15.3 Å². The van der Waals surface area contributed by atoms with E-state index in [1.165, 1.54) is 64.2 Å². The van der Waals surface area contributed by atoms with Crippen LogP contribution in [0.15, 0.2) is 35.5 Å². The molecule has 3 heteroatoms. The van der Waals surface area contributed by atoms with E-state index in [-0.39, 0.29) is 0 Å². The van der Waals surface area contributed by atoms with Gasteiger partial charge in [-0.3, -0.25) is 0 Å². The summed E-state index contributed by atoms with van der Waals surface area (Å²) < 4.78 is 0. The van der Waals surface area contributed by atoms with Gasteiger partial charge in [0.15, 0.2) is 0 Å². The fraction of sp³-hybridized carbons (Fsp3) is 0.778. The van der Waals surface area contributed by atoms with Gasteiger partial charge in [-0.2, -0.15) is 0 Å². The molecule has 3 fully saturated rings. The maximum Gasteiger partial charge on any atom is 0.0811 e. The van der Waals surface area contributed by atoms with Gasteiger partial charge in [-0.1, -0.05) is 56.4 Å². The molecule has 0 aromatic carbocycles. The summed E-state index contributed by atoms with van der Waals surface area (Å²) in [5.74, 6) is 0.714. The number of aliphatic hydroxyl groups excluding tert-OH is 2. The third-order valence-electron chi connectivity index (χ3n) is 7.97. The minimum absolute atomic E-state index is 0.411. The van der Waals surface area contributed by atoms with Crippen molar-refractivity contribution in [2.24, 2.45) is 11.3 Å². The zero-order valence-corrected chi connectivity index (χ0v) is 19.3. The van der Waals surface area contributed by atoms with Crippen molar-refractivity contribution in [3.63, 3.8) is 0 Å². The second-order valence-corrected chi connectivity index (χ2v) is 11.0. The Hall–Kier alpha value is -0.900. The Balaban J connectivity index is 1.59. The van der Waals surface area contributed by atoms with E-state index in [0.29, 0.717) is 24.2 Å². The molecule has 0 spiro atoms. The molecule has 0 bridgehead atoms. The monoisotopic (exact) mass is 416 g/mol. The van der Waals surface area contributed by atoms with E-state index in [2.05, 4.69) is 18.7 Å². The van der Waals surface area contributed by atoms with E-state index in [1.54, 1.807) is 5.57 Å². The molecule has 0 radical (unpaired) electrons. The first-order chi connectivity index (χ1) is 14.2. The highest BCUT2D eigenvalue weighted by Gasteiger charge is 2.45. The van der Waals surface area contributed by atoms with Gasteiger partial charge in [-0.25, -0.2) is 0 Å². The van der Waals surface area contributed by atoms with Crippen LogP contribution in [0.25, 0.3) is 0 Å². The van der Waals surface area contributed by atoms with Gasteiger partial charge in [0.1, 0.15) is 0 Å². The average Bonchev–Trinajstić information content (AvgIpc) is 3.10. The van der Waals surface area contributed by atoms with E-state index >= 15 is 0 Å². The van der Waals surface area contributed by atoms with Crippen LogP contribution in [0.3, 0.4) is 0 Å². The molecule has 3 nitrogen and oxygen atoms in total. The van der Waals surface area contributed by atoms with Crippen molar-refractivity contribution in [3.8, 4) is 0 Å². The number of unbranched alkanes of at least 4 members (excludes halogenated alkanes) is 3. The van der Waals surface area contributed by atoms with Gasteiger partial charge in [0.25, 0.3) is 0 Å². The van der Waals surface area contributed by atoms with E-state index in [1.807, 2.05) is 13.8 Å². The second kappa shape index (κ2) is 10.1. The minimum Gasteiger partial charge on any atom is -0.393 e. The zero-order chi connectivity index (χ0) is 21.8. The van der Waals surface area contributed by atoms with E-state index in [9.17, 15) is 15.3 Å². The molecular weight excluding hydrogens is 372 g/mol. The number of hydrogen-bond donors (Lipinski definition) is 3. The number of allylic oxidation sites excluding steroid dienone is 3. The van der Waals surface area contributed by atoms with Crippen molar-refractivity contribution in [2.75, 3.05) is 0 Å². The maximum atomic E-state index is 10.1. The minimum atomic E-state index is -0.605. The van der Waals surface area contributed by atoms with E-state index < -0.39 is 17.8 Å². The molecule has 3 saturated carbocycles. The average molecular weight is 417 g/mol. The maximum absolute atomic E-state index is 10.1. The lowest BCUT2D eigenvalue weighted by Crippen LogP contribution is -2.31. The van der Waals surface area contributed by atoms with Crippen LogP contribution in [0.1, 0.15) is 104 Å². The molecule has 3 aliphatic rings. The molecule has 0 amide bonds. The summed E-state index contributed by atoms with van der Waals surface area (Å²) in [6, 6.07) is 0. The van der Waals surface area contributed by atoms with Gasteiger partial charge in [0.2, 0.25) is 0 Å². The fourth-order valence-electron chi connectivity index (χ4n) is 6.31. The van der Waals surface area contributed by atoms with E-state index in [0.717, 1.165) is 24.0 Å². The predicted octanol–water partition coefficient (Wildman–Crippen LogP) is 5.99. The van der Waals surface area contributed by atoms with Crippen LogP contribution in [-0.2, 0) is 0 Å².